The highest BCUT2D eigenvalue weighted by Crippen LogP contribution is 2.11. The standard InChI is InChI=1S/C14H18N2OSi/c1-16-14(18(2,3)4)12(10-15-16)13(17)11-8-6-5-7-9-11/h5-10H,1-4H3. The van der Waals surface area contributed by atoms with Crippen molar-refractivity contribution < 1.29 is 4.79 Å². The molecule has 0 atom stereocenters. The summed E-state index contributed by atoms with van der Waals surface area (Å²) in [5.41, 5.74) is 1.48. The monoisotopic (exact) mass is 258 g/mol. The number of carbonyl (C=O) groups is 1. The fourth-order valence-corrected chi connectivity index (χ4v) is 4.25. The van der Waals surface area contributed by atoms with Crippen molar-refractivity contribution in [3.8, 4) is 0 Å². The SMILES string of the molecule is Cn1ncc(C(=O)c2ccccc2)c1[Si](C)(C)C. The van der Waals surface area contributed by atoms with Gasteiger partial charge in [-0.15, -0.1) is 0 Å². The summed E-state index contributed by atoms with van der Waals surface area (Å²) in [7, 11) is 0.326. The van der Waals surface area contributed by atoms with Crippen LogP contribution in [-0.4, -0.2) is 23.6 Å². The van der Waals surface area contributed by atoms with Gasteiger partial charge in [0.25, 0.3) is 0 Å². The second-order valence-electron chi connectivity index (χ2n) is 5.48. The number of rotatable bonds is 3. The Balaban J connectivity index is 2.51. The number of ketones is 1. The summed E-state index contributed by atoms with van der Waals surface area (Å²) in [6, 6.07) is 9.39. The molecular formula is C14H18N2OSi. The number of benzene rings is 1. The van der Waals surface area contributed by atoms with Crippen LogP contribution in [0.3, 0.4) is 0 Å². The van der Waals surface area contributed by atoms with Crippen LogP contribution in [0.2, 0.25) is 19.6 Å². The number of aryl methyl sites for hydroxylation is 1. The van der Waals surface area contributed by atoms with E-state index in [-0.39, 0.29) is 5.78 Å². The minimum absolute atomic E-state index is 0.0705. The van der Waals surface area contributed by atoms with E-state index in [1.165, 1.54) is 0 Å². The second-order valence-corrected chi connectivity index (χ2v) is 10.4. The molecule has 1 aromatic carbocycles. The van der Waals surface area contributed by atoms with Crippen LogP contribution in [0, 0.1) is 0 Å². The molecule has 18 heavy (non-hydrogen) atoms. The number of nitrogens with zero attached hydrogens (tertiary/aromatic N) is 2. The van der Waals surface area contributed by atoms with E-state index in [4.69, 9.17) is 0 Å². The molecule has 0 radical (unpaired) electrons. The average molecular weight is 258 g/mol. The summed E-state index contributed by atoms with van der Waals surface area (Å²) in [5.74, 6) is 0.0705. The Kier molecular flexibility index (Phi) is 3.21. The summed E-state index contributed by atoms with van der Waals surface area (Å²) in [6.45, 7) is 6.68. The average Bonchev–Trinajstić information content (AvgIpc) is 2.71. The zero-order valence-electron chi connectivity index (χ0n) is 11.3. The minimum atomic E-state index is -1.59. The van der Waals surface area contributed by atoms with Gasteiger partial charge in [0.15, 0.2) is 5.78 Å². The van der Waals surface area contributed by atoms with E-state index < -0.39 is 8.07 Å². The number of hydrogen-bond acceptors (Lipinski definition) is 2. The fraction of sp³-hybridized carbons (Fsp3) is 0.286. The lowest BCUT2D eigenvalue weighted by Crippen LogP contribution is -2.45. The van der Waals surface area contributed by atoms with Gasteiger partial charge in [0, 0.05) is 17.9 Å². The Labute approximate surface area is 108 Å². The molecular weight excluding hydrogens is 240 g/mol. The predicted octanol–water partition coefficient (Wildman–Crippen LogP) is 2.20. The van der Waals surface area contributed by atoms with Gasteiger partial charge in [-0.05, 0) is 0 Å². The predicted molar refractivity (Wildman–Crippen MR) is 76.1 cm³/mol. The smallest absolute Gasteiger partial charge is 0.196 e. The maximum absolute atomic E-state index is 12.5. The lowest BCUT2D eigenvalue weighted by molar-refractivity contribution is 0.103. The topological polar surface area (TPSA) is 34.9 Å². The van der Waals surface area contributed by atoms with E-state index in [2.05, 4.69) is 24.7 Å². The Morgan fingerprint density at radius 2 is 1.78 bits per heavy atom. The number of hydrogen-bond donors (Lipinski definition) is 0. The highest BCUT2D eigenvalue weighted by Gasteiger charge is 2.28. The second kappa shape index (κ2) is 4.53. The van der Waals surface area contributed by atoms with Gasteiger partial charge in [0.05, 0.1) is 11.8 Å². The molecule has 1 heterocycles. The molecule has 94 valence electrons. The third kappa shape index (κ3) is 2.29. The molecule has 0 bridgehead atoms. The van der Waals surface area contributed by atoms with Gasteiger partial charge in [0.1, 0.15) is 8.07 Å². The van der Waals surface area contributed by atoms with Crippen molar-refractivity contribution in [1.82, 2.24) is 9.78 Å². The number of carbonyl (C=O) groups excluding carboxylic acids is 1. The molecule has 0 saturated heterocycles. The van der Waals surface area contributed by atoms with Crippen LogP contribution in [0.4, 0.5) is 0 Å². The Morgan fingerprint density at radius 3 is 2.33 bits per heavy atom. The van der Waals surface area contributed by atoms with Gasteiger partial charge in [0.2, 0.25) is 0 Å². The lowest BCUT2D eigenvalue weighted by atomic mass is 10.1. The van der Waals surface area contributed by atoms with E-state index in [1.54, 1.807) is 6.20 Å². The van der Waals surface area contributed by atoms with Crippen molar-refractivity contribution in [1.29, 1.82) is 0 Å². The number of aromatic nitrogens is 2. The van der Waals surface area contributed by atoms with Crippen LogP contribution in [-0.2, 0) is 7.05 Å². The first kappa shape index (κ1) is 12.8. The summed E-state index contributed by atoms with van der Waals surface area (Å²) in [5, 5.41) is 5.37. The lowest BCUT2D eigenvalue weighted by Gasteiger charge is -2.18. The maximum atomic E-state index is 12.5. The molecule has 2 rings (SSSR count). The molecule has 4 heteroatoms. The van der Waals surface area contributed by atoms with Gasteiger partial charge in [-0.1, -0.05) is 50.0 Å². The van der Waals surface area contributed by atoms with E-state index in [9.17, 15) is 4.79 Å². The minimum Gasteiger partial charge on any atom is -0.288 e. The zero-order chi connectivity index (χ0) is 13.3. The fourth-order valence-electron chi connectivity index (χ4n) is 2.24. The summed E-state index contributed by atoms with van der Waals surface area (Å²) < 4.78 is 1.85. The Hall–Kier alpha value is -1.68. The van der Waals surface area contributed by atoms with Crippen LogP contribution in [0.15, 0.2) is 36.5 Å². The van der Waals surface area contributed by atoms with Crippen molar-refractivity contribution >= 4 is 19.2 Å². The summed E-state index contributed by atoms with van der Waals surface area (Å²) in [4.78, 5) is 12.5. The summed E-state index contributed by atoms with van der Waals surface area (Å²) >= 11 is 0. The molecule has 0 amide bonds. The Bertz CT molecular complexity index is 567. The van der Waals surface area contributed by atoms with Crippen LogP contribution in [0.1, 0.15) is 15.9 Å². The highest BCUT2D eigenvalue weighted by atomic mass is 28.3. The molecule has 3 nitrogen and oxygen atoms in total. The van der Waals surface area contributed by atoms with Crippen LogP contribution in [0.5, 0.6) is 0 Å². The maximum Gasteiger partial charge on any atom is 0.196 e. The van der Waals surface area contributed by atoms with Gasteiger partial charge >= 0.3 is 0 Å². The van der Waals surface area contributed by atoms with Gasteiger partial charge in [-0.25, -0.2) is 0 Å². The van der Waals surface area contributed by atoms with Crippen LogP contribution < -0.4 is 5.32 Å². The van der Waals surface area contributed by atoms with E-state index in [0.29, 0.717) is 0 Å². The van der Waals surface area contributed by atoms with Crippen molar-refractivity contribution in [2.75, 3.05) is 0 Å². The molecule has 0 N–H and O–H groups in total. The van der Waals surface area contributed by atoms with Crippen molar-refractivity contribution in [2.24, 2.45) is 7.05 Å². The van der Waals surface area contributed by atoms with Crippen molar-refractivity contribution in [2.45, 2.75) is 19.6 Å². The first-order valence-corrected chi connectivity index (χ1v) is 9.53. The van der Waals surface area contributed by atoms with E-state index in [0.717, 1.165) is 16.4 Å². The molecule has 0 aliphatic carbocycles. The van der Waals surface area contributed by atoms with Crippen LogP contribution in [0.25, 0.3) is 0 Å². The third-order valence-electron chi connectivity index (χ3n) is 2.93. The molecule has 2 aromatic rings. The molecule has 0 aliphatic heterocycles. The zero-order valence-corrected chi connectivity index (χ0v) is 12.3. The molecule has 0 unspecified atom stereocenters. The first-order chi connectivity index (χ1) is 8.41. The van der Waals surface area contributed by atoms with Crippen molar-refractivity contribution in [3.63, 3.8) is 0 Å². The van der Waals surface area contributed by atoms with E-state index >= 15 is 0 Å². The Morgan fingerprint density at radius 1 is 1.17 bits per heavy atom. The molecule has 0 fully saturated rings. The van der Waals surface area contributed by atoms with Gasteiger partial charge in [-0.2, -0.15) is 5.10 Å². The largest absolute Gasteiger partial charge is 0.288 e. The van der Waals surface area contributed by atoms with Crippen LogP contribution >= 0.6 is 0 Å². The highest BCUT2D eigenvalue weighted by molar-refractivity contribution is 6.89. The molecule has 1 aromatic heterocycles. The quantitative estimate of drug-likeness (QED) is 0.625. The summed E-state index contributed by atoms with van der Waals surface area (Å²) in [6.07, 6.45) is 1.70. The molecule has 0 saturated carbocycles. The van der Waals surface area contributed by atoms with Gasteiger partial charge in [-0.3, -0.25) is 9.48 Å². The molecule has 0 spiro atoms. The molecule has 0 aliphatic rings. The third-order valence-corrected chi connectivity index (χ3v) is 4.94. The van der Waals surface area contributed by atoms with Gasteiger partial charge < -0.3 is 0 Å². The van der Waals surface area contributed by atoms with E-state index in [1.807, 2.05) is 42.1 Å². The van der Waals surface area contributed by atoms with Crippen molar-refractivity contribution in [3.05, 3.63) is 47.7 Å². The normalized spacial score (nSPS) is 11.6. The first-order valence-electron chi connectivity index (χ1n) is 6.03.